The maximum Gasteiger partial charge on any atom is 0.107 e. The highest BCUT2D eigenvalue weighted by atomic mass is 79.9. The maximum absolute atomic E-state index is 5.63. The average Bonchev–Trinajstić information content (AvgIpc) is 2.74. The van der Waals surface area contributed by atoms with Gasteiger partial charge in [-0.3, -0.25) is 0 Å². The first kappa shape index (κ1) is 10.2. The summed E-state index contributed by atoms with van der Waals surface area (Å²) < 4.78 is 1.13. The van der Waals surface area contributed by atoms with Crippen molar-refractivity contribution in [1.29, 1.82) is 0 Å². The summed E-state index contributed by atoms with van der Waals surface area (Å²) >= 11 is 10.7. The number of nitrogens with zero attached hydrogens (tertiary/aromatic N) is 1. The predicted molar refractivity (Wildman–Crippen MR) is 64.0 cm³/mol. The number of alkyl halides is 1. The minimum absolute atomic E-state index is 0.598. The van der Waals surface area contributed by atoms with E-state index in [1.54, 1.807) is 11.3 Å². The van der Waals surface area contributed by atoms with Crippen molar-refractivity contribution in [2.45, 2.75) is 6.42 Å². The number of H-pyrrole nitrogens is 1. The predicted octanol–water partition coefficient (Wildman–Crippen LogP) is 3.68. The second-order valence-corrected chi connectivity index (χ2v) is 5.63. The molecule has 0 fully saturated rings. The lowest BCUT2D eigenvalue weighted by Gasteiger charge is -1.90. The van der Waals surface area contributed by atoms with Crippen LogP contribution in [0.5, 0.6) is 0 Å². The summed E-state index contributed by atoms with van der Waals surface area (Å²) in [6.07, 6.45) is 2.63. The normalized spacial score (nSPS) is 10.7. The SMILES string of the molecule is ClCCc1ncc(-c2ccc(Br)s2)[nH]1. The van der Waals surface area contributed by atoms with Gasteiger partial charge >= 0.3 is 0 Å². The van der Waals surface area contributed by atoms with Crippen molar-refractivity contribution in [3.05, 3.63) is 27.9 Å². The Kier molecular flexibility index (Phi) is 3.26. The summed E-state index contributed by atoms with van der Waals surface area (Å²) in [4.78, 5) is 8.67. The van der Waals surface area contributed by atoms with Gasteiger partial charge in [0.1, 0.15) is 5.82 Å². The molecule has 0 aromatic carbocycles. The van der Waals surface area contributed by atoms with Gasteiger partial charge < -0.3 is 4.98 Å². The number of hydrogen-bond acceptors (Lipinski definition) is 2. The van der Waals surface area contributed by atoms with E-state index in [1.807, 2.05) is 12.3 Å². The number of aromatic amines is 1. The van der Waals surface area contributed by atoms with E-state index in [-0.39, 0.29) is 0 Å². The Hall–Kier alpha value is -0.320. The molecule has 1 N–H and O–H groups in total. The van der Waals surface area contributed by atoms with Crippen LogP contribution in [0.2, 0.25) is 0 Å². The second kappa shape index (κ2) is 4.47. The van der Waals surface area contributed by atoms with Crippen LogP contribution in [0, 0.1) is 0 Å². The van der Waals surface area contributed by atoms with Gasteiger partial charge in [0.25, 0.3) is 0 Å². The van der Waals surface area contributed by atoms with Gasteiger partial charge in [-0.2, -0.15) is 0 Å². The molecule has 0 amide bonds. The third kappa shape index (κ3) is 2.19. The molecule has 0 aliphatic carbocycles. The molecule has 2 nitrogen and oxygen atoms in total. The maximum atomic E-state index is 5.63. The molecule has 2 heterocycles. The van der Waals surface area contributed by atoms with Crippen LogP contribution in [0.25, 0.3) is 10.6 Å². The zero-order chi connectivity index (χ0) is 9.97. The van der Waals surface area contributed by atoms with E-state index in [2.05, 4.69) is 32.0 Å². The zero-order valence-electron chi connectivity index (χ0n) is 7.26. The number of aromatic nitrogens is 2. The lowest BCUT2D eigenvalue weighted by Crippen LogP contribution is -1.87. The van der Waals surface area contributed by atoms with Crippen molar-refractivity contribution in [3.8, 4) is 10.6 Å². The molecule has 2 aromatic heterocycles. The molecular weight excluding hydrogens is 284 g/mol. The molecule has 0 unspecified atom stereocenters. The topological polar surface area (TPSA) is 28.7 Å². The van der Waals surface area contributed by atoms with Crippen LogP contribution in [0.3, 0.4) is 0 Å². The fourth-order valence-corrected chi connectivity index (χ4v) is 2.69. The third-order valence-electron chi connectivity index (χ3n) is 1.80. The summed E-state index contributed by atoms with van der Waals surface area (Å²) in [7, 11) is 0. The van der Waals surface area contributed by atoms with E-state index in [0.717, 1.165) is 21.7 Å². The number of hydrogen-bond donors (Lipinski definition) is 1. The molecule has 74 valence electrons. The summed E-state index contributed by atoms with van der Waals surface area (Å²) in [5.74, 6) is 1.54. The van der Waals surface area contributed by atoms with E-state index < -0.39 is 0 Å². The van der Waals surface area contributed by atoms with E-state index in [0.29, 0.717) is 5.88 Å². The molecule has 0 aliphatic heterocycles. The third-order valence-corrected chi connectivity index (χ3v) is 3.64. The van der Waals surface area contributed by atoms with Gasteiger partial charge in [-0.1, -0.05) is 0 Å². The summed E-state index contributed by atoms with van der Waals surface area (Å²) in [5.41, 5.74) is 1.06. The van der Waals surface area contributed by atoms with Crippen molar-refractivity contribution in [3.63, 3.8) is 0 Å². The molecule has 0 spiro atoms. The van der Waals surface area contributed by atoms with Crippen molar-refractivity contribution in [2.24, 2.45) is 0 Å². The molecule has 5 heteroatoms. The lowest BCUT2D eigenvalue weighted by atomic mass is 10.4. The Balaban J connectivity index is 2.24. The molecule has 0 saturated carbocycles. The zero-order valence-corrected chi connectivity index (χ0v) is 10.4. The number of aryl methyl sites for hydroxylation is 1. The number of thiophene rings is 1. The Labute approximate surface area is 99.5 Å². The molecule has 0 aliphatic rings. The van der Waals surface area contributed by atoms with Crippen molar-refractivity contribution in [2.75, 3.05) is 5.88 Å². The van der Waals surface area contributed by atoms with Crippen LogP contribution >= 0.6 is 38.9 Å². The van der Waals surface area contributed by atoms with E-state index >= 15 is 0 Å². The molecule has 2 rings (SSSR count). The quantitative estimate of drug-likeness (QED) is 0.859. The van der Waals surface area contributed by atoms with Crippen molar-refractivity contribution < 1.29 is 0 Å². The highest BCUT2D eigenvalue weighted by molar-refractivity contribution is 9.11. The molecule has 0 saturated heterocycles. The molecular formula is C9H8BrClN2S. The van der Waals surface area contributed by atoms with Crippen LogP contribution in [0.4, 0.5) is 0 Å². The Morgan fingerprint density at radius 1 is 1.50 bits per heavy atom. The lowest BCUT2D eigenvalue weighted by molar-refractivity contribution is 0.997. The monoisotopic (exact) mass is 290 g/mol. The first-order valence-corrected chi connectivity index (χ1v) is 6.29. The van der Waals surface area contributed by atoms with Gasteiger partial charge in [-0.05, 0) is 28.1 Å². The van der Waals surface area contributed by atoms with Gasteiger partial charge in [0, 0.05) is 12.3 Å². The average molecular weight is 292 g/mol. The molecule has 0 bridgehead atoms. The highest BCUT2D eigenvalue weighted by Crippen LogP contribution is 2.29. The largest absolute Gasteiger partial charge is 0.341 e. The smallest absolute Gasteiger partial charge is 0.107 e. The fourth-order valence-electron chi connectivity index (χ4n) is 1.16. The number of nitrogens with one attached hydrogen (secondary N) is 1. The van der Waals surface area contributed by atoms with Gasteiger partial charge in [-0.15, -0.1) is 22.9 Å². The van der Waals surface area contributed by atoms with Crippen molar-refractivity contribution in [1.82, 2.24) is 9.97 Å². The fraction of sp³-hybridized carbons (Fsp3) is 0.222. The first-order valence-electron chi connectivity index (χ1n) is 4.15. The Bertz CT molecular complexity index is 424. The van der Waals surface area contributed by atoms with Crippen LogP contribution < -0.4 is 0 Å². The number of halogens is 2. The number of rotatable bonds is 3. The minimum atomic E-state index is 0.598. The molecule has 2 aromatic rings. The standard InChI is InChI=1S/C9H8BrClN2S/c10-8-2-1-7(14-8)6-5-12-9(13-6)3-4-11/h1-2,5H,3-4H2,(H,12,13). The van der Waals surface area contributed by atoms with Crippen LogP contribution in [0.1, 0.15) is 5.82 Å². The highest BCUT2D eigenvalue weighted by Gasteiger charge is 2.04. The minimum Gasteiger partial charge on any atom is -0.341 e. The van der Waals surface area contributed by atoms with Crippen molar-refractivity contribution >= 4 is 38.9 Å². The summed E-state index contributed by atoms with van der Waals surface area (Å²) in [6.45, 7) is 0. The number of imidazole rings is 1. The molecule has 0 radical (unpaired) electrons. The van der Waals surface area contributed by atoms with Gasteiger partial charge in [-0.25, -0.2) is 4.98 Å². The molecule has 14 heavy (non-hydrogen) atoms. The summed E-state index contributed by atoms with van der Waals surface area (Å²) in [5, 5.41) is 0. The van der Waals surface area contributed by atoms with Crippen LogP contribution in [0.15, 0.2) is 22.1 Å². The van der Waals surface area contributed by atoms with Crippen LogP contribution in [-0.4, -0.2) is 15.8 Å². The first-order chi connectivity index (χ1) is 6.79. The summed E-state index contributed by atoms with van der Waals surface area (Å²) in [6, 6.07) is 4.09. The second-order valence-electron chi connectivity index (χ2n) is 2.79. The van der Waals surface area contributed by atoms with Gasteiger partial charge in [0.15, 0.2) is 0 Å². The van der Waals surface area contributed by atoms with E-state index in [9.17, 15) is 0 Å². The van der Waals surface area contributed by atoms with Crippen LogP contribution in [-0.2, 0) is 6.42 Å². The Morgan fingerprint density at radius 3 is 3.00 bits per heavy atom. The Morgan fingerprint density at radius 2 is 2.36 bits per heavy atom. The van der Waals surface area contributed by atoms with E-state index in [4.69, 9.17) is 11.6 Å². The van der Waals surface area contributed by atoms with Gasteiger partial charge in [0.05, 0.1) is 20.6 Å². The van der Waals surface area contributed by atoms with Gasteiger partial charge in [0.2, 0.25) is 0 Å². The van der Waals surface area contributed by atoms with E-state index in [1.165, 1.54) is 4.88 Å². The molecule has 0 atom stereocenters.